The predicted molar refractivity (Wildman–Crippen MR) is 105 cm³/mol. The summed E-state index contributed by atoms with van der Waals surface area (Å²) in [6, 6.07) is 0. The Kier molecular flexibility index (Phi) is 14.7. The molecule has 0 heterocycles. The Morgan fingerprint density at radius 3 is 2.35 bits per heavy atom. The van der Waals surface area contributed by atoms with Gasteiger partial charge in [-0.3, -0.25) is 4.99 Å². The topological polar surface area (TPSA) is 39.7 Å². The maximum atomic E-state index is 4.26. The molecule has 0 fully saturated rings. The van der Waals surface area contributed by atoms with Gasteiger partial charge in [-0.05, 0) is 44.4 Å². The van der Waals surface area contributed by atoms with Crippen LogP contribution >= 0.6 is 35.7 Å². The first-order chi connectivity index (χ1) is 8.91. The Labute approximate surface area is 147 Å². The lowest BCUT2D eigenvalue weighted by molar-refractivity contribution is 0.241. The molecule has 0 radical (unpaired) electrons. The van der Waals surface area contributed by atoms with Gasteiger partial charge in [0, 0.05) is 26.7 Å². The highest BCUT2D eigenvalue weighted by Gasteiger charge is 2.18. The van der Waals surface area contributed by atoms with Gasteiger partial charge in [0.1, 0.15) is 0 Å². The maximum Gasteiger partial charge on any atom is 0.190 e. The van der Waals surface area contributed by atoms with Gasteiger partial charge < -0.3 is 15.5 Å². The second-order valence-corrected chi connectivity index (χ2v) is 6.94. The van der Waals surface area contributed by atoms with Crippen LogP contribution < -0.4 is 10.6 Å². The van der Waals surface area contributed by atoms with Gasteiger partial charge in [-0.1, -0.05) is 13.8 Å². The zero-order valence-corrected chi connectivity index (χ0v) is 17.1. The lowest BCUT2D eigenvalue weighted by atomic mass is 9.93. The number of hydrogen-bond acceptors (Lipinski definition) is 3. The van der Waals surface area contributed by atoms with Gasteiger partial charge in [-0.25, -0.2) is 0 Å². The summed E-state index contributed by atoms with van der Waals surface area (Å²) in [5.74, 6) is 2.15. The van der Waals surface area contributed by atoms with Gasteiger partial charge in [0.25, 0.3) is 0 Å². The molecule has 0 spiro atoms. The molecule has 2 N–H and O–H groups in total. The summed E-state index contributed by atoms with van der Waals surface area (Å²) in [4.78, 5) is 6.49. The molecule has 0 amide bonds. The van der Waals surface area contributed by atoms with Crippen LogP contribution in [0.3, 0.4) is 0 Å². The van der Waals surface area contributed by atoms with E-state index in [4.69, 9.17) is 0 Å². The Balaban J connectivity index is 0. The quantitative estimate of drug-likeness (QED) is 0.262. The van der Waals surface area contributed by atoms with Crippen molar-refractivity contribution in [3.05, 3.63) is 0 Å². The molecule has 0 saturated carbocycles. The lowest BCUT2D eigenvalue weighted by Crippen LogP contribution is -2.45. The number of guanidine groups is 1. The summed E-state index contributed by atoms with van der Waals surface area (Å²) in [7, 11) is 6.05. The van der Waals surface area contributed by atoms with Crippen LogP contribution in [0.2, 0.25) is 0 Å². The van der Waals surface area contributed by atoms with Crippen molar-refractivity contribution in [2.45, 2.75) is 26.7 Å². The minimum Gasteiger partial charge on any atom is -0.356 e. The minimum absolute atomic E-state index is 0. The Morgan fingerprint density at radius 1 is 1.20 bits per heavy atom. The Morgan fingerprint density at radius 2 is 1.85 bits per heavy atom. The normalized spacial score (nSPS) is 12.2. The maximum absolute atomic E-state index is 4.26. The number of halogens is 1. The molecular formula is C14H33IN4S. The van der Waals surface area contributed by atoms with E-state index in [0.717, 1.165) is 25.6 Å². The molecule has 0 unspecified atom stereocenters. The highest BCUT2D eigenvalue weighted by atomic mass is 127. The average molecular weight is 416 g/mol. The van der Waals surface area contributed by atoms with Crippen molar-refractivity contribution in [3.63, 3.8) is 0 Å². The van der Waals surface area contributed by atoms with Gasteiger partial charge in [0.05, 0.1) is 0 Å². The molecule has 0 aliphatic rings. The molecule has 0 aliphatic heterocycles. The van der Waals surface area contributed by atoms with Crippen molar-refractivity contribution in [1.82, 2.24) is 15.5 Å². The zero-order valence-electron chi connectivity index (χ0n) is 14.0. The monoisotopic (exact) mass is 416 g/mol. The van der Waals surface area contributed by atoms with Crippen molar-refractivity contribution in [3.8, 4) is 0 Å². The third kappa shape index (κ3) is 13.3. The van der Waals surface area contributed by atoms with E-state index < -0.39 is 0 Å². The second kappa shape index (κ2) is 13.0. The molecule has 0 aliphatic carbocycles. The smallest absolute Gasteiger partial charge is 0.190 e. The summed E-state index contributed by atoms with van der Waals surface area (Å²) in [5.41, 5.74) is 0.236. The highest BCUT2D eigenvalue weighted by Crippen LogP contribution is 2.13. The van der Waals surface area contributed by atoms with Crippen LogP contribution in [0.5, 0.6) is 0 Å². The number of nitrogens with one attached hydrogen (secondary N) is 2. The fraction of sp³-hybridized carbons (Fsp3) is 0.929. The number of nitrogens with zero attached hydrogens (tertiary/aromatic N) is 2. The van der Waals surface area contributed by atoms with Gasteiger partial charge >= 0.3 is 0 Å². The van der Waals surface area contributed by atoms with E-state index in [-0.39, 0.29) is 29.4 Å². The summed E-state index contributed by atoms with van der Waals surface area (Å²) in [6.45, 7) is 7.52. The number of rotatable bonds is 9. The van der Waals surface area contributed by atoms with Crippen LogP contribution in [0.15, 0.2) is 4.99 Å². The van der Waals surface area contributed by atoms with Crippen LogP contribution in [0.1, 0.15) is 26.7 Å². The summed E-state index contributed by atoms with van der Waals surface area (Å²) < 4.78 is 0. The van der Waals surface area contributed by atoms with Crippen molar-refractivity contribution < 1.29 is 0 Å². The van der Waals surface area contributed by atoms with Gasteiger partial charge in [0.15, 0.2) is 5.96 Å². The van der Waals surface area contributed by atoms with Crippen LogP contribution in [0.25, 0.3) is 0 Å². The van der Waals surface area contributed by atoms with Crippen LogP contribution in [-0.4, -0.2) is 63.6 Å². The van der Waals surface area contributed by atoms with Crippen molar-refractivity contribution >= 4 is 41.7 Å². The average Bonchev–Trinajstić information content (AvgIpc) is 2.31. The van der Waals surface area contributed by atoms with E-state index in [0.29, 0.717) is 0 Å². The molecule has 0 rings (SSSR count). The molecule has 4 nitrogen and oxygen atoms in total. The van der Waals surface area contributed by atoms with Crippen LogP contribution in [-0.2, 0) is 0 Å². The Bertz CT molecular complexity index is 258. The molecule has 6 heteroatoms. The fourth-order valence-corrected chi connectivity index (χ4v) is 2.53. The fourth-order valence-electron chi connectivity index (χ4n) is 2.03. The first-order valence-corrected chi connectivity index (χ1v) is 8.39. The highest BCUT2D eigenvalue weighted by molar-refractivity contribution is 14.0. The lowest BCUT2D eigenvalue weighted by Gasteiger charge is -2.29. The van der Waals surface area contributed by atoms with Crippen molar-refractivity contribution in [1.29, 1.82) is 0 Å². The molecule has 0 bridgehead atoms. The van der Waals surface area contributed by atoms with Crippen LogP contribution in [0.4, 0.5) is 0 Å². The second-order valence-electron chi connectivity index (χ2n) is 5.95. The third-order valence-electron chi connectivity index (χ3n) is 2.77. The molecule has 0 saturated heterocycles. The predicted octanol–water partition coefficient (Wildman–Crippen LogP) is 2.50. The third-order valence-corrected chi connectivity index (χ3v) is 3.47. The molecule has 0 aromatic carbocycles. The summed E-state index contributed by atoms with van der Waals surface area (Å²) in [5, 5.41) is 6.78. The largest absolute Gasteiger partial charge is 0.356 e. The number of aliphatic imine (C=N–C) groups is 1. The van der Waals surface area contributed by atoms with Crippen molar-refractivity contribution in [2.24, 2.45) is 10.4 Å². The molecule has 0 aromatic heterocycles. The molecule has 20 heavy (non-hydrogen) atoms. The van der Waals surface area contributed by atoms with E-state index in [1.165, 1.54) is 18.6 Å². The van der Waals surface area contributed by atoms with Gasteiger partial charge in [-0.2, -0.15) is 11.8 Å². The molecular weight excluding hydrogens is 383 g/mol. The number of thioether (sulfide) groups is 1. The first kappa shape index (κ1) is 22.6. The number of hydrogen-bond donors (Lipinski definition) is 2. The molecule has 0 aromatic rings. The molecule has 0 atom stereocenters. The van der Waals surface area contributed by atoms with Gasteiger partial charge in [-0.15, -0.1) is 24.0 Å². The van der Waals surface area contributed by atoms with E-state index in [2.05, 4.69) is 54.7 Å². The van der Waals surface area contributed by atoms with Crippen LogP contribution in [0, 0.1) is 5.41 Å². The van der Waals surface area contributed by atoms with Crippen molar-refractivity contribution in [2.75, 3.05) is 52.8 Å². The minimum atomic E-state index is 0. The standard InChI is InChI=1S/C14H32N4S.HI/c1-14(2,12-18(4)5)11-17-13(15-3)16-9-7-8-10-19-6;/h7-12H2,1-6H3,(H2,15,16,17);1H. The SMILES string of the molecule is CN=C(NCCCCSC)NCC(C)(C)CN(C)C.I. The van der Waals surface area contributed by atoms with E-state index in [1.807, 2.05) is 18.8 Å². The zero-order chi connectivity index (χ0) is 14.7. The summed E-state index contributed by atoms with van der Waals surface area (Å²) >= 11 is 1.91. The number of unbranched alkanes of at least 4 members (excludes halogenated alkanes) is 1. The first-order valence-electron chi connectivity index (χ1n) is 6.99. The summed E-state index contributed by atoms with van der Waals surface area (Å²) in [6.07, 6.45) is 4.61. The van der Waals surface area contributed by atoms with E-state index >= 15 is 0 Å². The van der Waals surface area contributed by atoms with E-state index in [1.54, 1.807) is 0 Å². The molecule has 122 valence electrons. The van der Waals surface area contributed by atoms with Gasteiger partial charge in [0.2, 0.25) is 0 Å². The van der Waals surface area contributed by atoms with E-state index in [9.17, 15) is 0 Å². The Hall–Kier alpha value is 0.310.